The fourth-order valence-corrected chi connectivity index (χ4v) is 3.38. The summed E-state index contributed by atoms with van der Waals surface area (Å²) in [6, 6.07) is 12.1. The van der Waals surface area contributed by atoms with E-state index >= 15 is 0 Å². The Kier molecular flexibility index (Phi) is 3.85. The highest BCUT2D eigenvalue weighted by Crippen LogP contribution is 2.48. The Morgan fingerprint density at radius 1 is 0.875 bits per heavy atom. The van der Waals surface area contributed by atoms with Crippen LogP contribution in [0.5, 0.6) is 0 Å². The van der Waals surface area contributed by atoms with E-state index in [0.717, 1.165) is 11.1 Å². The minimum Gasteiger partial charge on any atom is -0.394 e. The number of benzene rings is 2. The predicted octanol–water partition coefficient (Wildman–Crippen LogP) is 2.76. The van der Waals surface area contributed by atoms with Crippen molar-refractivity contribution in [2.45, 2.75) is 18.0 Å². The van der Waals surface area contributed by atoms with Crippen LogP contribution >= 0.6 is 0 Å². The molecule has 126 valence electrons. The second-order valence-electron chi connectivity index (χ2n) is 6.22. The molecule has 0 saturated carbocycles. The summed E-state index contributed by atoms with van der Waals surface area (Å²) < 4.78 is 38.2. The minimum absolute atomic E-state index is 0.123. The number of aliphatic hydroxyl groups excluding tert-OH is 1. The lowest BCUT2D eigenvalue weighted by atomic mass is 10.0. The molecule has 2 saturated heterocycles. The van der Waals surface area contributed by atoms with Gasteiger partial charge in [-0.2, -0.15) is 0 Å². The number of hydrogen-bond acceptors (Lipinski definition) is 4. The molecule has 0 aliphatic carbocycles. The van der Waals surface area contributed by atoms with Crippen LogP contribution in [0.1, 0.15) is 23.6 Å². The summed E-state index contributed by atoms with van der Waals surface area (Å²) in [4.78, 5) is 1.95. The van der Waals surface area contributed by atoms with Gasteiger partial charge in [-0.15, -0.1) is 0 Å². The zero-order valence-corrected chi connectivity index (χ0v) is 12.9. The molecule has 2 fully saturated rings. The molecule has 4 nitrogen and oxygen atoms in total. The first kappa shape index (κ1) is 15.7. The van der Waals surface area contributed by atoms with E-state index in [1.165, 1.54) is 24.3 Å². The van der Waals surface area contributed by atoms with Gasteiger partial charge in [0, 0.05) is 0 Å². The number of fused-ring (bicyclic) bond motifs is 1. The van der Waals surface area contributed by atoms with Crippen LogP contribution in [0.2, 0.25) is 0 Å². The normalized spacial score (nSPS) is 29.8. The Balaban J connectivity index is 1.72. The molecule has 0 aromatic heterocycles. The van der Waals surface area contributed by atoms with Gasteiger partial charge in [-0.25, -0.2) is 13.7 Å². The van der Waals surface area contributed by atoms with Crippen LogP contribution in [0.3, 0.4) is 0 Å². The molecule has 24 heavy (non-hydrogen) atoms. The molecular weight excluding hydrogens is 316 g/mol. The Hall–Kier alpha value is -1.86. The van der Waals surface area contributed by atoms with Gasteiger partial charge in [0.05, 0.1) is 25.4 Å². The summed E-state index contributed by atoms with van der Waals surface area (Å²) in [6.45, 7) is 0.495. The average Bonchev–Trinajstić information content (AvgIpc) is 3.14. The fourth-order valence-electron chi connectivity index (χ4n) is 3.38. The molecule has 2 aromatic carbocycles. The Bertz CT molecular complexity index is 663. The summed E-state index contributed by atoms with van der Waals surface area (Å²) in [5, 5.41) is 9.92. The van der Waals surface area contributed by atoms with Crippen molar-refractivity contribution >= 4 is 0 Å². The van der Waals surface area contributed by atoms with Crippen LogP contribution in [0.4, 0.5) is 8.78 Å². The Labute approximate surface area is 138 Å². The number of aliphatic hydroxyl groups is 1. The highest BCUT2D eigenvalue weighted by molar-refractivity contribution is 5.25. The number of nitrogens with zero attached hydrogens (tertiary/aromatic N) is 1. The average molecular weight is 333 g/mol. The van der Waals surface area contributed by atoms with E-state index in [-0.39, 0.29) is 18.2 Å². The largest absolute Gasteiger partial charge is 0.394 e. The molecule has 0 amide bonds. The molecule has 2 aliphatic rings. The van der Waals surface area contributed by atoms with Crippen molar-refractivity contribution in [3.63, 3.8) is 0 Å². The molecular formula is C18H17F2NO3. The third-order valence-corrected chi connectivity index (χ3v) is 4.68. The molecule has 2 heterocycles. The highest BCUT2D eigenvalue weighted by Gasteiger charge is 2.56. The van der Waals surface area contributed by atoms with Crippen LogP contribution in [-0.4, -0.2) is 35.4 Å². The van der Waals surface area contributed by atoms with E-state index in [9.17, 15) is 13.9 Å². The molecule has 1 unspecified atom stereocenters. The van der Waals surface area contributed by atoms with Gasteiger partial charge in [-0.05, 0) is 35.4 Å². The quantitative estimate of drug-likeness (QED) is 0.938. The van der Waals surface area contributed by atoms with Gasteiger partial charge in [-0.3, -0.25) is 0 Å². The van der Waals surface area contributed by atoms with Crippen molar-refractivity contribution in [1.29, 1.82) is 0 Å². The van der Waals surface area contributed by atoms with Gasteiger partial charge in [-0.1, -0.05) is 24.3 Å². The zero-order valence-electron chi connectivity index (χ0n) is 12.9. The predicted molar refractivity (Wildman–Crippen MR) is 81.8 cm³/mol. The molecule has 4 rings (SSSR count). The summed E-state index contributed by atoms with van der Waals surface area (Å²) in [5.74, 6) is -0.643. The maximum absolute atomic E-state index is 13.2. The van der Waals surface area contributed by atoms with Crippen LogP contribution < -0.4 is 0 Å². The Morgan fingerprint density at radius 3 is 1.67 bits per heavy atom. The third kappa shape index (κ3) is 2.43. The second kappa shape index (κ2) is 5.89. The lowest BCUT2D eigenvalue weighted by Crippen LogP contribution is -2.47. The number of halogens is 2. The molecule has 6 heteroatoms. The van der Waals surface area contributed by atoms with E-state index in [1.54, 1.807) is 24.3 Å². The summed E-state index contributed by atoms with van der Waals surface area (Å²) in [7, 11) is 0. The summed E-state index contributed by atoms with van der Waals surface area (Å²) >= 11 is 0. The van der Waals surface area contributed by atoms with E-state index in [1.807, 2.05) is 4.90 Å². The molecule has 2 aliphatic heterocycles. The standard InChI is InChI=1S/C18H17F2NO3/c19-14-5-1-12(2-6-14)16-21-17(13-3-7-15(20)8-4-13)24-11-18(21,9-22)10-23-16/h1-8,16-17,22H,9-11H2/t16-,17?,18-/m1/s1. The maximum Gasteiger partial charge on any atom is 0.139 e. The van der Waals surface area contributed by atoms with Gasteiger partial charge >= 0.3 is 0 Å². The maximum atomic E-state index is 13.2. The first-order valence-electron chi connectivity index (χ1n) is 7.76. The smallest absolute Gasteiger partial charge is 0.139 e. The Morgan fingerprint density at radius 2 is 1.29 bits per heavy atom. The fraction of sp³-hybridized carbons (Fsp3) is 0.333. The van der Waals surface area contributed by atoms with Gasteiger partial charge in [0.2, 0.25) is 0 Å². The lowest BCUT2D eigenvalue weighted by Gasteiger charge is -2.33. The van der Waals surface area contributed by atoms with Gasteiger partial charge < -0.3 is 14.6 Å². The monoisotopic (exact) mass is 333 g/mol. The van der Waals surface area contributed by atoms with Crippen LogP contribution in [0.15, 0.2) is 48.5 Å². The minimum atomic E-state index is -0.655. The molecule has 0 bridgehead atoms. The van der Waals surface area contributed by atoms with Crippen molar-refractivity contribution in [2.75, 3.05) is 19.8 Å². The van der Waals surface area contributed by atoms with Crippen molar-refractivity contribution < 1.29 is 23.4 Å². The highest BCUT2D eigenvalue weighted by atomic mass is 19.1. The third-order valence-electron chi connectivity index (χ3n) is 4.68. The molecule has 3 atom stereocenters. The number of ether oxygens (including phenoxy) is 2. The number of hydrogen-bond donors (Lipinski definition) is 1. The molecule has 0 spiro atoms. The zero-order chi connectivity index (χ0) is 16.7. The second-order valence-corrected chi connectivity index (χ2v) is 6.22. The van der Waals surface area contributed by atoms with Crippen molar-refractivity contribution in [2.24, 2.45) is 0 Å². The van der Waals surface area contributed by atoms with Crippen LogP contribution in [-0.2, 0) is 9.47 Å². The van der Waals surface area contributed by atoms with Crippen LogP contribution in [0.25, 0.3) is 0 Å². The van der Waals surface area contributed by atoms with Gasteiger partial charge in [0.15, 0.2) is 0 Å². The van der Waals surface area contributed by atoms with E-state index in [0.29, 0.717) is 13.2 Å². The summed E-state index contributed by atoms with van der Waals surface area (Å²) in [6.07, 6.45) is -0.925. The molecule has 1 N–H and O–H groups in total. The van der Waals surface area contributed by atoms with Gasteiger partial charge in [0.25, 0.3) is 0 Å². The van der Waals surface area contributed by atoms with Crippen molar-refractivity contribution in [1.82, 2.24) is 4.90 Å². The number of rotatable bonds is 3. The first-order chi connectivity index (χ1) is 11.6. The van der Waals surface area contributed by atoms with E-state index in [4.69, 9.17) is 9.47 Å². The topological polar surface area (TPSA) is 41.9 Å². The molecule has 2 aromatic rings. The lowest BCUT2D eigenvalue weighted by molar-refractivity contribution is -0.0630. The van der Waals surface area contributed by atoms with Crippen molar-refractivity contribution in [3.8, 4) is 0 Å². The van der Waals surface area contributed by atoms with Crippen LogP contribution in [0, 0.1) is 11.6 Å². The van der Waals surface area contributed by atoms with E-state index < -0.39 is 18.0 Å². The SMILES string of the molecule is OC[C@@]12COC(c3ccc(F)cc3)N1[C@@H](c1ccc(F)cc1)OC2. The first-order valence-corrected chi connectivity index (χ1v) is 7.76. The van der Waals surface area contributed by atoms with Crippen molar-refractivity contribution in [3.05, 3.63) is 71.3 Å². The van der Waals surface area contributed by atoms with Gasteiger partial charge in [0.1, 0.15) is 24.1 Å². The van der Waals surface area contributed by atoms with E-state index in [2.05, 4.69) is 0 Å². The molecule has 0 radical (unpaired) electrons. The summed E-state index contributed by atoms with van der Waals surface area (Å²) in [5.41, 5.74) is 0.909.